The first-order chi connectivity index (χ1) is 16.4. The number of amides is 3. The highest BCUT2D eigenvalue weighted by Crippen LogP contribution is 2.19. The van der Waals surface area contributed by atoms with Gasteiger partial charge in [-0.15, -0.1) is 0 Å². The zero-order chi connectivity index (χ0) is 24.5. The lowest BCUT2D eigenvalue weighted by atomic mass is 10.0. The largest absolute Gasteiger partial charge is 0.480 e. The molecule has 1 heterocycles. The third kappa shape index (κ3) is 6.66. The molecular weight excluding hydrogens is 438 g/mol. The number of hydrogen-bond donors (Lipinski definition) is 6. The Bertz CT molecular complexity index is 1160. The Hall–Kier alpha value is -4.18. The molecule has 0 aliphatic heterocycles. The summed E-state index contributed by atoms with van der Waals surface area (Å²) in [6.07, 6.45) is 1.99. The molecule has 178 valence electrons. The summed E-state index contributed by atoms with van der Waals surface area (Å²) in [7, 11) is 0. The van der Waals surface area contributed by atoms with E-state index in [1.54, 1.807) is 6.20 Å². The summed E-state index contributed by atoms with van der Waals surface area (Å²) in [5.41, 5.74) is 7.77. The third-order valence-electron chi connectivity index (χ3n) is 5.28. The summed E-state index contributed by atoms with van der Waals surface area (Å²) in [4.78, 5) is 51.6. The number of aromatic amines is 1. The highest BCUT2D eigenvalue weighted by molar-refractivity contribution is 5.92. The predicted molar refractivity (Wildman–Crippen MR) is 126 cm³/mol. The molecule has 2 aromatic carbocycles. The summed E-state index contributed by atoms with van der Waals surface area (Å²) in [5, 5.41) is 17.9. The Morgan fingerprint density at radius 2 is 1.56 bits per heavy atom. The van der Waals surface area contributed by atoms with Gasteiger partial charge in [0, 0.05) is 29.9 Å². The summed E-state index contributed by atoms with van der Waals surface area (Å²) in [5.74, 6) is -2.94. The van der Waals surface area contributed by atoms with Gasteiger partial charge in [0.05, 0.1) is 13.1 Å². The van der Waals surface area contributed by atoms with Gasteiger partial charge in [0.2, 0.25) is 17.7 Å². The van der Waals surface area contributed by atoms with Crippen LogP contribution in [0.25, 0.3) is 10.9 Å². The van der Waals surface area contributed by atoms with Crippen molar-refractivity contribution in [3.8, 4) is 0 Å². The molecule has 0 aliphatic carbocycles. The molecule has 10 heteroatoms. The van der Waals surface area contributed by atoms with Gasteiger partial charge in [-0.05, 0) is 17.2 Å². The fraction of sp³-hybridized carbons (Fsp3) is 0.250. The van der Waals surface area contributed by atoms with Crippen LogP contribution < -0.4 is 21.7 Å². The second-order valence-corrected chi connectivity index (χ2v) is 7.75. The van der Waals surface area contributed by atoms with Gasteiger partial charge >= 0.3 is 5.97 Å². The summed E-state index contributed by atoms with van der Waals surface area (Å²) in [6.45, 7) is -0.729. The van der Waals surface area contributed by atoms with E-state index >= 15 is 0 Å². The van der Waals surface area contributed by atoms with Crippen LogP contribution in [0.1, 0.15) is 11.1 Å². The van der Waals surface area contributed by atoms with Crippen LogP contribution >= 0.6 is 0 Å². The Morgan fingerprint density at radius 1 is 0.882 bits per heavy atom. The van der Waals surface area contributed by atoms with Gasteiger partial charge in [-0.3, -0.25) is 14.4 Å². The average Bonchev–Trinajstić information content (AvgIpc) is 3.25. The number of aromatic nitrogens is 1. The van der Waals surface area contributed by atoms with Crippen molar-refractivity contribution in [2.24, 2.45) is 5.73 Å². The first kappa shape index (κ1) is 24.5. The number of carbonyl (C=O) groups excluding carboxylic acids is 3. The lowest BCUT2D eigenvalue weighted by Crippen LogP contribution is -2.52. The number of carbonyl (C=O) groups is 4. The highest BCUT2D eigenvalue weighted by atomic mass is 16.4. The van der Waals surface area contributed by atoms with Gasteiger partial charge in [0.25, 0.3) is 0 Å². The molecule has 0 fully saturated rings. The van der Waals surface area contributed by atoms with Crippen LogP contribution in [0.15, 0.2) is 60.8 Å². The number of benzene rings is 2. The van der Waals surface area contributed by atoms with Gasteiger partial charge in [0.15, 0.2) is 0 Å². The molecule has 0 spiro atoms. The maximum Gasteiger partial charge on any atom is 0.326 e. The molecule has 2 atom stereocenters. The van der Waals surface area contributed by atoms with Crippen molar-refractivity contribution < 1.29 is 24.3 Å². The van der Waals surface area contributed by atoms with Crippen LogP contribution in [0.2, 0.25) is 0 Å². The maximum absolute atomic E-state index is 12.7. The fourth-order valence-corrected chi connectivity index (χ4v) is 3.57. The van der Waals surface area contributed by atoms with E-state index in [-0.39, 0.29) is 19.4 Å². The average molecular weight is 466 g/mol. The molecule has 0 aliphatic rings. The number of hydrogen-bond acceptors (Lipinski definition) is 5. The Kier molecular flexibility index (Phi) is 8.36. The Balaban J connectivity index is 1.59. The number of nitrogens with one attached hydrogen (secondary N) is 4. The van der Waals surface area contributed by atoms with Crippen molar-refractivity contribution >= 4 is 34.6 Å². The van der Waals surface area contributed by atoms with Crippen molar-refractivity contribution in [2.75, 3.05) is 13.1 Å². The van der Waals surface area contributed by atoms with Crippen LogP contribution in [0.4, 0.5) is 0 Å². The standard InChI is InChI=1S/C24H27N5O5/c25-12-21(30)28-19(10-15-6-2-1-3-7-15)23(32)27-14-22(31)29-20(24(33)34)11-16-13-26-18-9-5-4-8-17(16)18/h1-9,13,19-20,26H,10-12,14,25H2,(H,27,32)(H,28,30)(H,29,31)(H,33,34). The molecule has 1 aromatic heterocycles. The number of carboxylic acids is 1. The van der Waals surface area contributed by atoms with E-state index in [0.29, 0.717) is 0 Å². The molecule has 0 saturated carbocycles. The van der Waals surface area contributed by atoms with E-state index in [9.17, 15) is 24.3 Å². The van der Waals surface area contributed by atoms with Crippen molar-refractivity contribution in [2.45, 2.75) is 24.9 Å². The number of H-pyrrole nitrogens is 1. The number of aliphatic carboxylic acids is 1. The Morgan fingerprint density at radius 3 is 2.26 bits per heavy atom. The molecule has 3 amide bonds. The lowest BCUT2D eigenvalue weighted by Gasteiger charge is -2.19. The quantitative estimate of drug-likeness (QED) is 0.235. The summed E-state index contributed by atoms with van der Waals surface area (Å²) < 4.78 is 0. The molecule has 0 saturated heterocycles. The van der Waals surface area contributed by atoms with Crippen molar-refractivity contribution in [1.82, 2.24) is 20.9 Å². The summed E-state index contributed by atoms with van der Waals surface area (Å²) >= 11 is 0. The smallest absolute Gasteiger partial charge is 0.326 e. The third-order valence-corrected chi connectivity index (χ3v) is 5.28. The molecule has 34 heavy (non-hydrogen) atoms. The second-order valence-electron chi connectivity index (χ2n) is 7.75. The number of para-hydroxylation sites is 1. The predicted octanol–water partition coefficient (Wildman–Crippen LogP) is 0.0822. The lowest BCUT2D eigenvalue weighted by molar-refractivity contribution is -0.141. The monoisotopic (exact) mass is 465 g/mol. The SMILES string of the molecule is NCC(=O)NC(Cc1ccccc1)C(=O)NCC(=O)NC(Cc1c[nH]c2ccccc12)C(=O)O. The molecule has 3 rings (SSSR count). The van der Waals surface area contributed by atoms with E-state index in [1.165, 1.54) is 0 Å². The van der Waals surface area contributed by atoms with Crippen molar-refractivity contribution in [3.63, 3.8) is 0 Å². The normalized spacial score (nSPS) is 12.5. The van der Waals surface area contributed by atoms with Crippen LogP contribution in [0.5, 0.6) is 0 Å². The number of nitrogens with two attached hydrogens (primary N) is 1. The highest BCUT2D eigenvalue weighted by Gasteiger charge is 2.24. The minimum Gasteiger partial charge on any atom is -0.480 e. The minimum atomic E-state index is -1.19. The Labute approximate surface area is 195 Å². The second kappa shape index (κ2) is 11.6. The van der Waals surface area contributed by atoms with Gasteiger partial charge < -0.3 is 31.8 Å². The maximum atomic E-state index is 12.7. The van der Waals surface area contributed by atoms with Crippen molar-refractivity contribution in [3.05, 3.63) is 71.9 Å². The van der Waals surface area contributed by atoms with Gasteiger partial charge in [0.1, 0.15) is 12.1 Å². The van der Waals surface area contributed by atoms with Crippen LogP contribution in [0, 0.1) is 0 Å². The zero-order valence-corrected chi connectivity index (χ0v) is 18.4. The molecule has 10 nitrogen and oxygen atoms in total. The van der Waals surface area contributed by atoms with E-state index < -0.39 is 42.3 Å². The number of fused-ring (bicyclic) bond motifs is 1. The summed E-state index contributed by atoms with van der Waals surface area (Å²) in [6, 6.07) is 14.4. The molecule has 7 N–H and O–H groups in total. The minimum absolute atomic E-state index is 0.0716. The van der Waals surface area contributed by atoms with Crippen molar-refractivity contribution in [1.29, 1.82) is 0 Å². The van der Waals surface area contributed by atoms with E-state index in [0.717, 1.165) is 22.0 Å². The fourth-order valence-electron chi connectivity index (χ4n) is 3.57. The zero-order valence-electron chi connectivity index (χ0n) is 18.4. The molecule has 3 aromatic rings. The van der Waals surface area contributed by atoms with E-state index in [4.69, 9.17) is 5.73 Å². The first-order valence-corrected chi connectivity index (χ1v) is 10.8. The van der Waals surface area contributed by atoms with Gasteiger partial charge in [-0.25, -0.2) is 4.79 Å². The topological polar surface area (TPSA) is 166 Å². The number of rotatable bonds is 11. The van der Waals surface area contributed by atoms with E-state index in [1.807, 2.05) is 54.6 Å². The molecule has 0 bridgehead atoms. The molecular formula is C24H27N5O5. The van der Waals surface area contributed by atoms with Gasteiger partial charge in [-0.1, -0.05) is 48.5 Å². The molecule has 2 unspecified atom stereocenters. The van der Waals surface area contributed by atoms with E-state index in [2.05, 4.69) is 20.9 Å². The van der Waals surface area contributed by atoms with Crippen LogP contribution in [0.3, 0.4) is 0 Å². The van der Waals surface area contributed by atoms with Crippen LogP contribution in [-0.2, 0) is 32.0 Å². The number of carboxylic acid groups (broad SMARTS) is 1. The van der Waals surface area contributed by atoms with Crippen LogP contribution in [-0.4, -0.2) is 59.0 Å². The van der Waals surface area contributed by atoms with Gasteiger partial charge in [-0.2, -0.15) is 0 Å². The first-order valence-electron chi connectivity index (χ1n) is 10.8. The molecule has 0 radical (unpaired) electrons.